The van der Waals surface area contributed by atoms with E-state index >= 15 is 0 Å². The van der Waals surface area contributed by atoms with Gasteiger partial charge >= 0.3 is 0 Å². The van der Waals surface area contributed by atoms with E-state index in [1.54, 1.807) is 0 Å². The van der Waals surface area contributed by atoms with Gasteiger partial charge in [-0.2, -0.15) is 0 Å². The average molecular weight is 417 g/mol. The van der Waals surface area contributed by atoms with Crippen molar-refractivity contribution in [1.29, 1.82) is 0 Å². The van der Waals surface area contributed by atoms with Crippen LogP contribution < -0.4 is 0 Å². The van der Waals surface area contributed by atoms with Gasteiger partial charge in [-0.3, -0.25) is 0 Å². The molecular weight excluding hydrogens is 388 g/mol. The van der Waals surface area contributed by atoms with Gasteiger partial charge in [0.2, 0.25) is 0 Å². The predicted molar refractivity (Wildman–Crippen MR) is 135 cm³/mol. The third kappa shape index (κ3) is 2.57. The first-order valence-corrected chi connectivity index (χ1v) is 11.7. The van der Waals surface area contributed by atoms with Crippen molar-refractivity contribution in [2.24, 2.45) is 0 Å². The summed E-state index contributed by atoms with van der Waals surface area (Å²) < 4.78 is 6.30. The Bertz CT molecular complexity index is 1510. The molecule has 0 fully saturated rings. The van der Waals surface area contributed by atoms with Gasteiger partial charge in [-0.1, -0.05) is 82.3 Å². The second kappa shape index (κ2) is 6.84. The Hall–Kier alpha value is -3.32. The normalized spacial score (nSPS) is 14.1. The molecule has 1 aliphatic carbocycles. The van der Waals surface area contributed by atoms with Crippen LogP contribution >= 0.6 is 0 Å². The lowest BCUT2D eigenvalue weighted by Gasteiger charge is -2.24. The molecule has 32 heavy (non-hydrogen) atoms. The van der Waals surface area contributed by atoms with Crippen LogP contribution in [0.1, 0.15) is 49.9 Å². The van der Waals surface area contributed by atoms with E-state index in [2.05, 4.69) is 94.4 Å². The maximum Gasteiger partial charge on any atom is 0.136 e. The molecule has 1 heterocycles. The second-order valence-electron chi connectivity index (χ2n) is 9.54. The predicted octanol–water partition coefficient (Wildman–Crippen LogP) is 8.68. The number of furan rings is 1. The highest BCUT2D eigenvalue weighted by Gasteiger charge is 2.37. The fourth-order valence-electron chi connectivity index (χ4n) is 5.88. The second-order valence-corrected chi connectivity index (χ2v) is 9.54. The molecule has 0 unspecified atom stereocenters. The maximum absolute atomic E-state index is 6.30. The summed E-state index contributed by atoms with van der Waals surface area (Å²) >= 11 is 0. The van der Waals surface area contributed by atoms with Gasteiger partial charge in [0, 0.05) is 16.2 Å². The molecule has 6 rings (SSSR count). The SMILES string of the molecule is CCc1cc(-c2cc(CC)c3c(c2)oc2ccccc23)cc2c1C(C)(C)c1ccccc1-2. The van der Waals surface area contributed by atoms with E-state index in [1.165, 1.54) is 55.3 Å². The van der Waals surface area contributed by atoms with Crippen LogP contribution in [0.4, 0.5) is 0 Å². The smallest absolute Gasteiger partial charge is 0.136 e. The molecule has 5 aromatic rings. The molecule has 0 saturated carbocycles. The van der Waals surface area contributed by atoms with Crippen LogP contribution in [-0.4, -0.2) is 0 Å². The number of rotatable bonds is 3. The Morgan fingerprint density at radius 1 is 0.688 bits per heavy atom. The van der Waals surface area contributed by atoms with Crippen molar-refractivity contribution < 1.29 is 4.42 Å². The van der Waals surface area contributed by atoms with Crippen molar-refractivity contribution in [1.82, 2.24) is 0 Å². The first-order valence-electron chi connectivity index (χ1n) is 11.7. The zero-order valence-corrected chi connectivity index (χ0v) is 19.3. The molecule has 4 aromatic carbocycles. The monoisotopic (exact) mass is 416 g/mol. The maximum atomic E-state index is 6.30. The van der Waals surface area contributed by atoms with Gasteiger partial charge in [-0.05, 0) is 75.5 Å². The molecule has 0 atom stereocenters. The minimum Gasteiger partial charge on any atom is -0.456 e. The van der Waals surface area contributed by atoms with Crippen LogP contribution in [0.2, 0.25) is 0 Å². The van der Waals surface area contributed by atoms with Crippen molar-refractivity contribution in [3.63, 3.8) is 0 Å². The third-order valence-electron chi connectivity index (χ3n) is 7.39. The lowest BCUT2D eigenvalue weighted by Crippen LogP contribution is -2.17. The standard InChI is InChI=1S/C31H28O/c1-5-19-15-22(18-28-29(19)24-12-8-10-14-27(24)32-28)21-16-20(6-2)30-25(17-21)23-11-7-9-13-26(23)31(30,3)4/h7-18H,5-6H2,1-4H3. The number of aryl methyl sites for hydroxylation is 2. The Balaban J connectivity index is 1.63. The summed E-state index contributed by atoms with van der Waals surface area (Å²) in [6, 6.07) is 26.7. The molecule has 0 spiro atoms. The van der Waals surface area contributed by atoms with E-state index in [-0.39, 0.29) is 5.41 Å². The summed E-state index contributed by atoms with van der Waals surface area (Å²) in [5, 5.41) is 2.47. The Labute approximate surface area is 189 Å². The first kappa shape index (κ1) is 19.4. The molecule has 1 nitrogen and oxygen atoms in total. The molecule has 158 valence electrons. The van der Waals surface area contributed by atoms with Crippen LogP contribution in [0.15, 0.2) is 77.2 Å². The molecule has 0 amide bonds. The third-order valence-corrected chi connectivity index (χ3v) is 7.39. The highest BCUT2D eigenvalue weighted by atomic mass is 16.3. The molecule has 0 N–H and O–H groups in total. The molecule has 0 saturated heterocycles. The highest BCUT2D eigenvalue weighted by Crippen LogP contribution is 2.51. The van der Waals surface area contributed by atoms with E-state index in [0.717, 1.165) is 24.0 Å². The van der Waals surface area contributed by atoms with E-state index in [0.29, 0.717) is 0 Å². The molecule has 0 radical (unpaired) electrons. The summed E-state index contributed by atoms with van der Waals surface area (Å²) in [5.74, 6) is 0. The zero-order valence-electron chi connectivity index (χ0n) is 19.3. The average Bonchev–Trinajstić information content (AvgIpc) is 3.31. The van der Waals surface area contributed by atoms with E-state index in [4.69, 9.17) is 4.42 Å². The van der Waals surface area contributed by atoms with E-state index in [1.807, 2.05) is 6.07 Å². The summed E-state index contributed by atoms with van der Waals surface area (Å²) in [6.45, 7) is 9.25. The number of benzene rings is 4. The van der Waals surface area contributed by atoms with Crippen LogP contribution in [0, 0.1) is 0 Å². The Kier molecular flexibility index (Phi) is 4.14. The van der Waals surface area contributed by atoms with Crippen molar-refractivity contribution in [2.45, 2.75) is 46.0 Å². The van der Waals surface area contributed by atoms with Crippen molar-refractivity contribution in [3.05, 3.63) is 95.1 Å². The molecule has 0 aliphatic heterocycles. The quantitative estimate of drug-likeness (QED) is 0.287. The van der Waals surface area contributed by atoms with Crippen LogP contribution in [0.25, 0.3) is 44.2 Å². The van der Waals surface area contributed by atoms with Crippen LogP contribution in [0.5, 0.6) is 0 Å². The van der Waals surface area contributed by atoms with Gasteiger partial charge in [-0.25, -0.2) is 0 Å². The van der Waals surface area contributed by atoms with E-state index < -0.39 is 0 Å². The number of fused-ring (bicyclic) bond motifs is 6. The fourth-order valence-corrected chi connectivity index (χ4v) is 5.88. The van der Waals surface area contributed by atoms with Crippen LogP contribution in [-0.2, 0) is 18.3 Å². The number of hydrogen-bond acceptors (Lipinski definition) is 1. The van der Waals surface area contributed by atoms with Gasteiger partial charge in [0.15, 0.2) is 0 Å². The molecule has 1 aromatic heterocycles. The largest absolute Gasteiger partial charge is 0.456 e. The van der Waals surface area contributed by atoms with Crippen molar-refractivity contribution >= 4 is 21.9 Å². The lowest BCUT2D eigenvalue weighted by atomic mass is 9.79. The number of para-hydroxylation sites is 1. The summed E-state index contributed by atoms with van der Waals surface area (Å²) in [5.41, 5.74) is 13.0. The molecular formula is C31H28O. The Morgan fingerprint density at radius 3 is 2.19 bits per heavy atom. The van der Waals surface area contributed by atoms with E-state index in [9.17, 15) is 0 Å². The fraction of sp³-hybridized carbons (Fsp3) is 0.226. The topological polar surface area (TPSA) is 13.1 Å². The lowest BCUT2D eigenvalue weighted by molar-refractivity contribution is 0.652. The van der Waals surface area contributed by atoms with Crippen molar-refractivity contribution in [3.8, 4) is 22.3 Å². The van der Waals surface area contributed by atoms with Gasteiger partial charge in [-0.15, -0.1) is 0 Å². The summed E-state index contributed by atoms with van der Waals surface area (Å²) in [4.78, 5) is 0. The van der Waals surface area contributed by atoms with Crippen LogP contribution in [0.3, 0.4) is 0 Å². The minimum absolute atomic E-state index is 0.0348. The Morgan fingerprint density at radius 2 is 1.38 bits per heavy atom. The zero-order chi connectivity index (χ0) is 22.0. The highest BCUT2D eigenvalue weighted by molar-refractivity contribution is 6.08. The van der Waals surface area contributed by atoms with Gasteiger partial charge in [0.1, 0.15) is 11.2 Å². The first-order chi connectivity index (χ1) is 15.5. The molecule has 1 heteroatoms. The molecule has 0 bridgehead atoms. The van der Waals surface area contributed by atoms with Gasteiger partial charge in [0.05, 0.1) is 0 Å². The number of hydrogen-bond donors (Lipinski definition) is 0. The van der Waals surface area contributed by atoms with Gasteiger partial charge in [0.25, 0.3) is 0 Å². The van der Waals surface area contributed by atoms with Crippen molar-refractivity contribution in [2.75, 3.05) is 0 Å². The summed E-state index contributed by atoms with van der Waals surface area (Å²) in [7, 11) is 0. The summed E-state index contributed by atoms with van der Waals surface area (Å²) in [6.07, 6.45) is 2.01. The minimum atomic E-state index is 0.0348. The molecule has 1 aliphatic rings. The van der Waals surface area contributed by atoms with Gasteiger partial charge < -0.3 is 4.42 Å².